The van der Waals surface area contributed by atoms with Crippen LogP contribution in [-0.2, 0) is 15.1 Å². The zero-order chi connectivity index (χ0) is 18.5. The Morgan fingerprint density at radius 3 is 2.54 bits per heavy atom. The largest absolute Gasteiger partial charge is 0.442 e. The highest BCUT2D eigenvalue weighted by atomic mass is 32.1. The van der Waals surface area contributed by atoms with Crippen LogP contribution in [0.4, 0.5) is 18.9 Å². The molecule has 26 heavy (non-hydrogen) atoms. The van der Waals surface area contributed by atoms with Gasteiger partial charge in [0.2, 0.25) is 0 Å². The van der Waals surface area contributed by atoms with Crippen molar-refractivity contribution in [1.82, 2.24) is 0 Å². The lowest BCUT2D eigenvalue weighted by Gasteiger charge is -2.29. The lowest BCUT2D eigenvalue weighted by molar-refractivity contribution is -0.251. The van der Waals surface area contributed by atoms with Crippen LogP contribution in [0.25, 0.3) is 10.8 Å². The fourth-order valence-electron chi connectivity index (χ4n) is 3.05. The summed E-state index contributed by atoms with van der Waals surface area (Å²) in [6.07, 6.45) is -5.13. The second-order valence-electron chi connectivity index (χ2n) is 5.71. The Balaban J connectivity index is 1.92. The number of esters is 1. The highest BCUT2D eigenvalue weighted by Crippen LogP contribution is 2.51. The van der Waals surface area contributed by atoms with E-state index in [1.54, 1.807) is 24.3 Å². The molecule has 0 bridgehead atoms. The predicted molar refractivity (Wildman–Crippen MR) is 90.0 cm³/mol. The zero-order valence-electron chi connectivity index (χ0n) is 13.0. The number of nitrogens with one attached hydrogen (secondary N) is 1. The topological polar surface area (TPSA) is 55.4 Å². The third-order valence-corrected chi connectivity index (χ3v) is 5.08. The van der Waals surface area contributed by atoms with Crippen molar-refractivity contribution in [3.8, 4) is 0 Å². The van der Waals surface area contributed by atoms with Crippen LogP contribution in [0.1, 0.15) is 15.2 Å². The van der Waals surface area contributed by atoms with E-state index < -0.39 is 29.2 Å². The molecule has 0 radical (unpaired) electrons. The van der Waals surface area contributed by atoms with Crippen LogP contribution >= 0.6 is 11.3 Å². The lowest BCUT2D eigenvalue weighted by atomic mass is 9.92. The molecule has 4 rings (SSSR count). The molecular formula is C18H10F3NO3S. The SMILES string of the molecule is O=C(O[C@@]1(C(F)(F)F)C(=O)Nc2c1ccc1ccccc21)c1cccs1. The molecule has 2 aromatic carbocycles. The molecule has 0 unspecified atom stereocenters. The van der Waals surface area contributed by atoms with Gasteiger partial charge in [-0.1, -0.05) is 42.5 Å². The van der Waals surface area contributed by atoms with Crippen LogP contribution in [0.3, 0.4) is 0 Å². The van der Waals surface area contributed by atoms with E-state index in [0.717, 1.165) is 11.3 Å². The Hall–Kier alpha value is -2.87. The number of anilines is 1. The number of hydrogen-bond donors (Lipinski definition) is 1. The molecule has 2 heterocycles. The van der Waals surface area contributed by atoms with Crippen LogP contribution in [0.5, 0.6) is 0 Å². The van der Waals surface area contributed by atoms with Crippen molar-refractivity contribution in [3.63, 3.8) is 0 Å². The van der Waals surface area contributed by atoms with E-state index in [4.69, 9.17) is 4.74 Å². The van der Waals surface area contributed by atoms with Crippen molar-refractivity contribution in [2.45, 2.75) is 11.8 Å². The summed E-state index contributed by atoms with van der Waals surface area (Å²) in [7, 11) is 0. The summed E-state index contributed by atoms with van der Waals surface area (Å²) in [6, 6.07) is 12.2. The first-order valence-electron chi connectivity index (χ1n) is 7.52. The fraction of sp³-hybridized carbons (Fsp3) is 0.111. The van der Waals surface area contributed by atoms with Gasteiger partial charge in [0.05, 0.1) is 5.69 Å². The van der Waals surface area contributed by atoms with E-state index in [-0.39, 0.29) is 10.6 Å². The molecule has 1 aliphatic rings. The van der Waals surface area contributed by atoms with Crippen molar-refractivity contribution in [2.24, 2.45) is 0 Å². The number of ether oxygens (including phenoxy) is 1. The van der Waals surface area contributed by atoms with E-state index in [0.29, 0.717) is 10.8 Å². The number of hydrogen-bond acceptors (Lipinski definition) is 4. The van der Waals surface area contributed by atoms with Gasteiger partial charge in [0, 0.05) is 10.9 Å². The van der Waals surface area contributed by atoms with Crippen molar-refractivity contribution in [3.05, 3.63) is 64.4 Å². The van der Waals surface area contributed by atoms with Gasteiger partial charge in [0.1, 0.15) is 4.88 Å². The number of fused-ring (bicyclic) bond motifs is 3. The van der Waals surface area contributed by atoms with Gasteiger partial charge in [0.25, 0.3) is 5.91 Å². The lowest BCUT2D eigenvalue weighted by Crippen LogP contribution is -2.51. The zero-order valence-corrected chi connectivity index (χ0v) is 13.8. The molecule has 0 aliphatic carbocycles. The van der Waals surface area contributed by atoms with Crippen molar-refractivity contribution in [1.29, 1.82) is 0 Å². The number of carbonyl (C=O) groups is 2. The maximum atomic E-state index is 14.0. The number of carbonyl (C=O) groups excluding carboxylic acids is 2. The van der Waals surface area contributed by atoms with Crippen molar-refractivity contribution in [2.75, 3.05) is 5.32 Å². The quantitative estimate of drug-likeness (QED) is 0.671. The number of benzene rings is 2. The third kappa shape index (κ3) is 2.22. The molecule has 1 aromatic heterocycles. The highest BCUT2D eigenvalue weighted by molar-refractivity contribution is 7.11. The number of halogens is 3. The van der Waals surface area contributed by atoms with Gasteiger partial charge >= 0.3 is 17.7 Å². The summed E-state index contributed by atoms with van der Waals surface area (Å²) in [5.41, 5.74) is -3.80. The monoisotopic (exact) mass is 377 g/mol. The highest BCUT2D eigenvalue weighted by Gasteiger charge is 2.69. The molecular weight excluding hydrogens is 367 g/mol. The summed E-state index contributed by atoms with van der Waals surface area (Å²) >= 11 is 0.935. The molecule has 0 saturated carbocycles. The molecule has 4 nitrogen and oxygen atoms in total. The Kier molecular flexibility index (Phi) is 3.55. The van der Waals surface area contributed by atoms with E-state index in [9.17, 15) is 22.8 Å². The number of thiophene rings is 1. The second-order valence-corrected chi connectivity index (χ2v) is 6.66. The van der Waals surface area contributed by atoms with Gasteiger partial charge in [-0.3, -0.25) is 4.79 Å². The van der Waals surface area contributed by atoms with Gasteiger partial charge in [-0.05, 0) is 16.8 Å². The minimum absolute atomic E-state index is 0.00408. The molecule has 1 aliphatic heterocycles. The maximum absolute atomic E-state index is 14.0. The van der Waals surface area contributed by atoms with Crippen LogP contribution in [0.15, 0.2) is 53.9 Å². The van der Waals surface area contributed by atoms with Crippen LogP contribution in [0.2, 0.25) is 0 Å². The summed E-state index contributed by atoms with van der Waals surface area (Å²) in [6.45, 7) is 0. The van der Waals surface area contributed by atoms with Crippen LogP contribution in [0, 0.1) is 0 Å². The first-order chi connectivity index (χ1) is 12.3. The number of rotatable bonds is 2. The summed E-state index contributed by atoms with van der Waals surface area (Å²) in [5, 5.41) is 4.89. The fourth-order valence-corrected chi connectivity index (χ4v) is 3.65. The maximum Gasteiger partial charge on any atom is 0.442 e. The average Bonchev–Trinajstić information content (AvgIpc) is 3.22. The smallest absolute Gasteiger partial charge is 0.430 e. The minimum atomic E-state index is -5.13. The van der Waals surface area contributed by atoms with E-state index in [2.05, 4.69) is 5.32 Å². The van der Waals surface area contributed by atoms with E-state index in [1.807, 2.05) is 0 Å². The van der Waals surface area contributed by atoms with Gasteiger partial charge in [-0.2, -0.15) is 13.2 Å². The molecule has 3 aromatic rings. The molecule has 1 amide bonds. The third-order valence-electron chi connectivity index (χ3n) is 4.23. The number of amides is 1. The molecule has 132 valence electrons. The Morgan fingerprint density at radius 2 is 1.85 bits per heavy atom. The van der Waals surface area contributed by atoms with Gasteiger partial charge in [-0.15, -0.1) is 11.3 Å². The molecule has 1 N–H and O–H groups in total. The molecule has 0 spiro atoms. The van der Waals surface area contributed by atoms with Crippen molar-refractivity contribution < 1.29 is 27.5 Å². The predicted octanol–water partition coefficient (Wildman–Crippen LogP) is 4.47. The second kappa shape index (κ2) is 5.57. The standard InChI is InChI=1S/C18H10F3NO3S/c19-18(20,21)17(25-15(23)13-6-3-9-26-13)12-8-7-10-4-1-2-5-11(10)14(12)22-16(17)24/h1-9H,(H,22,24)/t17-/m1/s1. The van der Waals surface area contributed by atoms with Crippen LogP contribution < -0.4 is 5.32 Å². The molecule has 8 heteroatoms. The normalized spacial score (nSPS) is 19.3. The first kappa shape index (κ1) is 16.6. The Bertz CT molecular complexity index is 1030. The van der Waals surface area contributed by atoms with Gasteiger partial charge in [0.15, 0.2) is 0 Å². The average molecular weight is 377 g/mol. The minimum Gasteiger partial charge on any atom is -0.430 e. The molecule has 1 atom stereocenters. The summed E-state index contributed by atoms with van der Waals surface area (Å²) in [4.78, 5) is 24.7. The summed E-state index contributed by atoms with van der Waals surface area (Å²) in [5.74, 6) is -2.63. The van der Waals surface area contributed by atoms with Crippen molar-refractivity contribution >= 4 is 39.7 Å². The van der Waals surface area contributed by atoms with E-state index in [1.165, 1.54) is 29.6 Å². The Morgan fingerprint density at radius 1 is 1.08 bits per heavy atom. The Labute approximate surface area is 149 Å². The van der Waals surface area contributed by atoms with Crippen LogP contribution in [-0.4, -0.2) is 18.1 Å². The van der Waals surface area contributed by atoms with Gasteiger partial charge < -0.3 is 10.1 Å². The summed E-state index contributed by atoms with van der Waals surface area (Å²) < 4.78 is 46.9. The van der Waals surface area contributed by atoms with E-state index >= 15 is 0 Å². The number of alkyl halides is 3. The first-order valence-corrected chi connectivity index (χ1v) is 8.40. The molecule has 0 fully saturated rings. The molecule has 0 saturated heterocycles. The van der Waals surface area contributed by atoms with Gasteiger partial charge in [-0.25, -0.2) is 4.79 Å².